The molecule has 1 aromatic carbocycles. The van der Waals surface area contributed by atoms with E-state index in [1.807, 2.05) is 35.2 Å². The fourth-order valence-electron chi connectivity index (χ4n) is 4.39. The van der Waals surface area contributed by atoms with E-state index in [2.05, 4.69) is 17.1 Å². The molecule has 2 saturated heterocycles. The number of benzene rings is 1. The van der Waals surface area contributed by atoms with Gasteiger partial charge in [0, 0.05) is 50.9 Å². The zero-order valence-electron chi connectivity index (χ0n) is 16.2. The first kappa shape index (κ1) is 23.1. The zero-order chi connectivity index (χ0) is 19.0. The zero-order valence-corrected chi connectivity index (χ0v) is 17.8. The van der Waals surface area contributed by atoms with Gasteiger partial charge in [0.25, 0.3) is 0 Å². The number of carbonyl (C=O) groups is 2. The number of hydrogen-bond acceptors (Lipinski definition) is 4. The Morgan fingerprint density at radius 1 is 1.07 bits per heavy atom. The van der Waals surface area contributed by atoms with Crippen LogP contribution in [0.2, 0.25) is 0 Å². The van der Waals surface area contributed by atoms with Crippen molar-refractivity contribution in [1.29, 1.82) is 0 Å². The number of nitrogens with zero attached hydrogens (tertiary/aromatic N) is 3. The van der Waals surface area contributed by atoms with Gasteiger partial charge in [-0.15, -0.1) is 24.8 Å². The third-order valence-electron chi connectivity index (χ3n) is 5.83. The second kappa shape index (κ2) is 9.57. The number of pyridine rings is 1. The van der Waals surface area contributed by atoms with Crippen LogP contribution in [0.5, 0.6) is 0 Å². The minimum atomic E-state index is -0.395. The lowest BCUT2D eigenvalue weighted by Gasteiger charge is -2.27. The van der Waals surface area contributed by atoms with Crippen molar-refractivity contribution in [2.24, 2.45) is 11.7 Å². The Balaban J connectivity index is 0.00000150. The van der Waals surface area contributed by atoms with Crippen LogP contribution in [0.3, 0.4) is 0 Å². The standard InChI is InChI=1S/C21H24N4O2.2ClH/c1-24-19(26)10-16(20(24)15-8-5-9-23-11-15)21(27)25-12-17(18(22)13-25)14-6-3-2-4-7-14;;/h2-9,11,16-18,20H,10,12-13,22H2,1H3;2*1H/t16?,17-,18+,20?;;/m0../s1. The average molecular weight is 437 g/mol. The molecule has 0 radical (unpaired) electrons. The molecule has 0 spiro atoms. The molecule has 2 unspecified atom stereocenters. The fraction of sp³-hybridized carbons (Fsp3) is 0.381. The normalized spacial score (nSPS) is 26.1. The molecule has 3 heterocycles. The summed E-state index contributed by atoms with van der Waals surface area (Å²) >= 11 is 0. The molecule has 0 saturated carbocycles. The van der Waals surface area contributed by atoms with E-state index in [0.717, 1.165) is 11.1 Å². The Morgan fingerprint density at radius 3 is 2.41 bits per heavy atom. The van der Waals surface area contributed by atoms with Gasteiger partial charge in [-0.1, -0.05) is 36.4 Å². The van der Waals surface area contributed by atoms with Crippen molar-refractivity contribution in [3.05, 3.63) is 66.0 Å². The lowest BCUT2D eigenvalue weighted by Crippen LogP contribution is -2.38. The van der Waals surface area contributed by atoms with Gasteiger partial charge in [0.05, 0.1) is 12.0 Å². The molecule has 0 bridgehead atoms. The van der Waals surface area contributed by atoms with Crippen molar-refractivity contribution < 1.29 is 9.59 Å². The molecular formula is C21H26Cl2N4O2. The van der Waals surface area contributed by atoms with E-state index >= 15 is 0 Å². The summed E-state index contributed by atoms with van der Waals surface area (Å²) in [5.74, 6) is -0.268. The first-order valence-electron chi connectivity index (χ1n) is 9.31. The van der Waals surface area contributed by atoms with E-state index in [9.17, 15) is 9.59 Å². The van der Waals surface area contributed by atoms with Crippen LogP contribution in [0, 0.1) is 5.92 Å². The summed E-state index contributed by atoms with van der Waals surface area (Å²) in [5.41, 5.74) is 8.41. The first-order chi connectivity index (χ1) is 13.1. The predicted molar refractivity (Wildman–Crippen MR) is 116 cm³/mol. The minimum absolute atomic E-state index is 0. The molecule has 2 aliphatic heterocycles. The van der Waals surface area contributed by atoms with Gasteiger partial charge in [-0.3, -0.25) is 14.6 Å². The largest absolute Gasteiger partial charge is 0.340 e. The van der Waals surface area contributed by atoms with Crippen LogP contribution < -0.4 is 5.73 Å². The summed E-state index contributed by atoms with van der Waals surface area (Å²) in [6, 6.07) is 13.5. The molecule has 6 nitrogen and oxygen atoms in total. The van der Waals surface area contributed by atoms with Crippen molar-refractivity contribution >= 4 is 36.6 Å². The van der Waals surface area contributed by atoms with Crippen LogP contribution in [0.4, 0.5) is 0 Å². The maximum Gasteiger partial charge on any atom is 0.228 e. The van der Waals surface area contributed by atoms with Gasteiger partial charge in [-0.2, -0.15) is 0 Å². The first-order valence-corrected chi connectivity index (χ1v) is 9.31. The number of rotatable bonds is 3. The summed E-state index contributed by atoms with van der Waals surface area (Å²) < 4.78 is 0. The molecule has 2 fully saturated rings. The lowest BCUT2D eigenvalue weighted by atomic mass is 9.93. The molecule has 0 aliphatic carbocycles. The average Bonchev–Trinajstić information content (AvgIpc) is 3.23. The predicted octanol–water partition coefficient (Wildman–Crippen LogP) is 2.40. The van der Waals surface area contributed by atoms with Gasteiger partial charge < -0.3 is 15.5 Å². The summed E-state index contributed by atoms with van der Waals surface area (Å²) in [4.78, 5) is 33.3. The highest BCUT2D eigenvalue weighted by Gasteiger charge is 2.46. The van der Waals surface area contributed by atoms with E-state index in [0.29, 0.717) is 13.1 Å². The molecule has 8 heteroatoms. The molecule has 29 heavy (non-hydrogen) atoms. The van der Waals surface area contributed by atoms with Crippen molar-refractivity contribution in [3.8, 4) is 0 Å². The number of amides is 2. The number of likely N-dealkylation sites (tertiary alicyclic amines) is 2. The molecule has 156 valence electrons. The van der Waals surface area contributed by atoms with Crippen molar-refractivity contribution in [1.82, 2.24) is 14.8 Å². The second-order valence-electron chi connectivity index (χ2n) is 7.47. The number of halogens is 2. The number of nitrogens with two attached hydrogens (primary N) is 1. The molecule has 2 N–H and O–H groups in total. The van der Waals surface area contributed by atoms with Gasteiger partial charge >= 0.3 is 0 Å². The van der Waals surface area contributed by atoms with Gasteiger partial charge in [0.1, 0.15) is 0 Å². The summed E-state index contributed by atoms with van der Waals surface area (Å²) in [5, 5.41) is 0. The van der Waals surface area contributed by atoms with E-state index in [4.69, 9.17) is 5.73 Å². The molecule has 2 amide bonds. The molecule has 2 aromatic rings. The van der Waals surface area contributed by atoms with Gasteiger partial charge in [-0.25, -0.2) is 0 Å². The Kier molecular flexibility index (Phi) is 7.63. The van der Waals surface area contributed by atoms with Crippen molar-refractivity contribution in [2.75, 3.05) is 20.1 Å². The van der Waals surface area contributed by atoms with E-state index in [-0.39, 0.29) is 61.1 Å². The minimum Gasteiger partial charge on any atom is -0.340 e. The summed E-state index contributed by atoms with van der Waals surface area (Å²) in [7, 11) is 1.76. The highest BCUT2D eigenvalue weighted by atomic mass is 35.5. The van der Waals surface area contributed by atoms with Crippen molar-refractivity contribution in [2.45, 2.75) is 24.4 Å². The number of carbonyl (C=O) groups excluding carboxylic acids is 2. The van der Waals surface area contributed by atoms with Crippen LogP contribution in [-0.4, -0.2) is 52.8 Å². The van der Waals surface area contributed by atoms with Gasteiger partial charge in [-0.05, 0) is 17.2 Å². The fourth-order valence-corrected chi connectivity index (χ4v) is 4.39. The highest BCUT2D eigenvalue weighted by molar-refractivity contribution is 5.90. The Morgan fingerprint density at radius 2 is 1.76 bits per heavy atom. The third kappa shape index (κ3) is 4.39. The van der Waals surface area contributed by atoms with E-state index in [1.54, 1.807) is 24.3 Å². The monoisotopic (exact) mass is 436 g/mol. The van der Waals surface area contributed by atoms with Crippen LogP contribution in [0.15, 0.2) is 54.9 Å². The van der Waals surface area contributed by atoms with Gasteiger partial charge in [0.15, 0.2) is 0 Å². The molecule has 1 aromatic heterocycles. The number of aromatic nitrogens is 1. The second-order valence-corrected chi connectivity index (χ2v) is 7.47. The quantitative estimate of drug-likeness (QED) is 0.800. The van der Waals surface area contributed by atoms with E-state index in [1.165, 1.54) is 0 Å². The molecule has 4 rings (SSSR count). The Bertz CT molecular complexity index is 837. The van der Waals surface area contributed by atoms with Crippen LogP contribution >= 0.6 is 24.8 Å². The maximum atomic E-state index is 13.3. The topological polar surface area (TPSA) is 79.5 Å². The molecule has 4 atom stereocenters. The molecule has 2 aliphatic rings. The van der Waals surface area contributed by atoms with Crippen LogP contribution in [0.1, 0.15) is 29.5 Å². The SMILES string of the molecule is CN1C(=O)CC(C(=O)N2C[C@@H](N)[C@H](c3ccccc3)C2)C1c1cccnc1.Cl.Cl. The Hall–Kier alpha value is -2.15. The third-order valence-corrected chi connectivity index (χ3v) is 5.83. The highest BCUT2D eigenvalue weighted by Crippen LogP contribution is 2.39. The summed E-state index contributed by atoms with van der Waals surface area (Å²) in [6.07, 6.45) is 3.67. The maximum absolute atomic E-state index is 13.3. The molecular weight excluding hydrogens is 411 g/mol. The smallest absolute Gasteiger partial charge is 0.228 e. The van der Waals surface area contributed by atoms with Crippen molar-refractivity contribution in [3.63, 3.8) is 0 Å². The summed E-state index contributed by atoms with van der Waals surface area (Å²) in [6.45, 7) is 1.12. The van der Waals surface area contributed by atoms with Crippen LogP contribution in [-0.2, 0) is 9.59 Å². The Labute approximate surface area is 183 Å². The van der Waals surface area contributed by atoms with Crippen LogP contribution in [0.25, 0.3) is 0 Å². The number of hydrogen-bond donors (Lipinski definition) is 1. The lowest BCUT2D eigenvalue weighted by molar-refractivity contribution is -0.135. The van der Waals surface area contributed by atoms with E-state index < -0.39 is 5.92 Å². The van der Waals surface area contributed by atoms with Gasteiger partial charge in [0.2, 0.25) is 11.8 Å².